The van der Waals surface area contributed by atoms with E-state index in [9.17, 15) is 4.79 Å². The van der Waals surface area contributed by atoms with E-state index < -0.39 is 0 Å². The highest BCUT2D eigenvalue weighted by Crippen LogP contribution is 2.36. The molecule has 0 atom stereocenters. The lowest BCUT2D eigenvalue weighted by Crippen LogP contribution is -2.57. The number of carbonyl (C=O) groups is 1. The maximum absolute atomic E-state index is 12.1. The topological polar surface area (TPSA) is 52.8 Å². The Labute approximate surface area is 128 Å². The first-order valence-corrected chi connectivity index (χ1v) is 7.56. The molecule has 0 aromatic heterocycles. The van der Waals surface area contributed by atoms with Crippen LogP contribution in [0.1, 0.15) is 25.7 Å². The second-order valence-electron chi connectivity index (χ2n) is 6.18. The Kier molecular flexibility index (Phi) is 6.36. The first-order chi connectivity index (χ1) is 9.27. The van der Waals surface area contributed by atoms with Crippen molar-refractivity contribution >= 4 is 23.1 Å². The van der Waals surface area contributed by atoms with Gasteiger partial charge in [-0.2, -0.15) is 0 Å². The summed E-state index contributed by atoms with van der Waals surface area (Å²) in [6.45, 7) is 1.99. The van der Waals surface area contributed by atoms with Crippen molar-refractivity contribution in [2.24, 2.45) is 5.73 Å². The molecule has 0 aromatic carbocycles. The number of carbonyl (C=O) groups excluding carboxylic acids is 1. The van der Waals surface area contributed by atoms with E-state index in [2.05, 4.69) is 23.9 Å². The maximum Gasteiger partial charge on any atom is 0.236 e. The van der Waals surface area contributed by atoms with Gasteiger partial charge in [-0.25, -0.2) is 0 Å². The Morgan fingerprint density at radius 3 is 2.25 bits per heavy atom. The Morgan fingerprint density at radius 2 is 1.85 bits per heavy atom. The summed E-state index contributed by atoms with van der Waals surface area (Å²) in [4.78, 5) is 18.7. The summed E-state index contributed by atoms with van der Waals surface area (Å²) in [6.07, 6.45) is 4.31. The molecule has 5 nitrogen and oxygen atoms in total. The summed E-state index contributed by atoms with van der Waals surface area (Å²) in [5.41, 5.74) is 5.72. The molecular formula is C14H28N4OS. The second-order valence-corrected chi connectivity index (χ2v) is 6.70. The average Bonchev–Trinajstić information content (AvgIpc) is 2.29. The van der Waals surface area contributed by atoms with Crippen molar-refractivity contribution in [3.05, 3.63) is 0 Å². The SMILES string of the molecule is CN(CC(=O)N(C)CCC(N)=S)CC1(N(C)C)CCC1. The fourth-order valence-electron chi connectivity index (χ4n) is 2.64. The van der Waals surface area contributed by atoms with Crippen molar-refractivity contribution in [3.63, 3.8) is 0 Å². The molecule has 0 aromatic rings. The first-order valence-electron chi connectivity index (χ1n) is 7.15. The molecule has 2 N–H and O–H groups in total. The van der Waals surface area contributed by atoms with Crippen LogP contribution in [0.25, 0.3) is 0 Å². The Morgan fingerprint density at radius 1 is 1.25 bits per heavy atom. The van der Waals surface area contributed by atoms with Crippen molar-refractivity contribution in [2.45, 2.75) is 31.2 Å². The summed E-state index contributed by atoms with van der Waals surface area (Å²) in [5, 5.41) is 0. The van der Waals surface area contributed by atoms with E-state index >= 15 is 0 Å². The predicted octanol–water partition coefficient (Wildman–Crippen LogP) is 0.537. The van der Waals surface area contributed by atoms with Gasteiger partial charge in [0.1, 0.15) is 0 Å². The normalized spacial score (nSPS) is 17.1. The van der Waals surface area contributed by atoms with Gasteiger partial charge in [-0.05, 0) is 40.4 Å². The molecule has 20 heavy (non-hydrogen) atoms. The van der Waals surface area contributed by atoms with E-state index in [1.54, 1.807) is 11.9 Å². The molecule has 0 unspecified atom stereocenters. The molecule has 0 saturated heterocycles. The minimum Gasteiger partial charge on any atom is -0.393 e. The van der Waals surface area contributed by atoms with Crippen LogP contribution in [-0.4, -0.2) is 79.0 Å². The molecule has 6 heteroatoms. The third kappa shape index (κ3) is 4.68. The number of thiocarbonyl (C=S) groups is 1. The molecule has 1 saturated carbocycles. The maximum atomic E-state index is 12.1. The minimum atomic E-state index is 0.122. The zero-order chi connectivity index (χ0) is 15.3. The molecule has 1 amide bonds. The van der Waals surface area contributed by atoms with E-state index in [0.29, 0.717) is 24.5 Å². The van der Waals surface area contributed by atoms with Crippen LogP contribution in [0.3, 0.4) is 0 Å². The summed E-state index contributed by atoms with van der Waals surface area (Å²) >= 11 is 4.84. The smallest absolute Gasteiger partial charge is 0.236 e. The molecule has 0 radical (unpaired) electrons. The highest BCUT2D eigenvalue weighted by molar-refractivity contribution is 7.80. The number of rotatable bonds is 8. The predicted molar refractivity (Wildman–Crippen MR) is 86.8 cm³/mol. The van der Waals surface area contributed by atoms with Crippen LogP contribution in [0.15, 0.2) is 0 Å². The van der Waals surface area contributed by atoms with Gasteiger partial charge in [0.05, 0.1) is 11.5 Å². The molecule has 0 spiro atoms. The van der Waals surface area contributed by atoms with E-state index in [1.807, 2.05) is 7.05 Å². The zero-order valence-electron chi connectivity index (χ0n) is 13.2. The standard InChI is InChI=1S/C14H28N4OS/c1-16(2)14(7-5-8-14)11-17(3)10-13(19)18(4)9-6-12(15)20/h5-11H2,1-4H3,(H2,15,20). The highest BCUT2D eigenvalue weighted by Gasteiger charge is 2.39. The number of nitrogens with zero attached hydrogens (tertiary/aromatic N) is 3. The van der Waals surface area contributed by atoms with E-state index in [0.717, 1.165) is 6.54 Å². The molecule has 1 aliphatic rings. The van der Waals surface area contributed by atoms with Crippen molar-refractivity contribution in [3.8, 4) is 0 Å². The first kappa shape index (κ1) is 17.3. The monoisotopic (exact) mass is 300 g/mol. The van der Waals surface area contributed by atoms with Gasteiger partial charge in [-0.1, -0.05) is 12.2 Å². The molecule has 1 fully saturated rings. The van der Waals surface area contributed by atoms with Crippen molar-refractivity contribution < 1.29 is 4.79 Å². The quantitative estimate of drug-likeness (QED) is 0.663. The lowest BCUT2D eigenvalue weighted by atomic mass is 9.75. The largest absolute Gasteiger partial charge is 0.393 e. The van der Waals surface area contributed by atoms with Crippen LogP contribution in [0.5, 0.6) is 0 Å². The Balaban J connectivity index is 2.39. The lowest BCUT2D eigenvalue weighted by Gasteiger charge is -2.49. The fraction of sp³-hybridized carbons (Fsp3) is 0.857. The summed E-state index contributed by atoms with van der Waals surface area (Å²) in [6, 6.07) is 0. The Bertz CT molecular complexity index is 355. The zero-order valence-corrected chi connectivity index (χ0v) is 14.0. The Hall–Kier alpha value is -0.720. The molecule has 0 heterocycles. The summed E-state index contributed by atoms with van der Waals surface area (Å²) in [5.74, 6) is 0.122. The van der Waals surface area contributed by atoms with E-state index in [-0.39, 0.29) is 11.4 Å². The van der Waals surface area contributed by atoms with Gasteiger partial charge < -0.3 is 15.5 Å². The van der Waals surface area contributed by atoms with Crippen LogP contribution >= 0.6 is 12.2 Å². The second kappa shape index (κ2) is 7.33. The third-order valence-electron chi connectivity index (χ3n) is 4.32. The van der Waals surface area contributed by atoms with Crippen molar-refractivity contribution in [1.29, 1.82) is 0 Å². The van der Waals surface area contributed by atoms with Crippen LogP contribution in [-0.2, 0) is 4.79 Å². The van der Waals surface area contributed by atoms with Crippen LogP contribution in [0, 0.1) is 0 Å². The van der Waals surface area contributed by atoms with E-state index in [1.165, 1.54) is 19.3 Å². The van der Waals surface area contributed by atoms with Gasteiger partial charge in [-0.3, -0.25) is 9.69 Å². The molecule has 0 aliphatic heterocycles. The average molecular weight is 300 g/mol. The molecule has 0 bridgehead atoms. The molecular weight excluding hydrogens is 272 g/mol. The summed E-state index contributed by atoms with van der Waals surface area (Å²) < 4.78 is 0. The fourth-order valence-corrected chi connectivity index (χ4v) is 2.74. The molecule has 1 rings (SSSR count). The molecule has 116 valence electrons. The van der Waals surface area contributed by atoms with Gasteiger partial charge in [-0.15, -0.1) is 0 Å². The van der Waals surface area contributed by atoms with Crippen molar-refractivity contribution in [1.82, 2.24) is 14.7 Å². The minimum absolute atomic E-state index is 0.122. The number of hydrogen-bond donors (Lipinski definition) is 1. The number of amides is 1. The highest BCUT2D eigenvalue weighted by atomic mass is 32.1. The van der Waals surface area contributed by atoms with Gasteiger partial charge in [0.25, 0.3) is 0 Å². The van der Waals surface area contributed by atoms with E-state index in [4.69, 9.17) is 18.0 Å². The number of nitrogens with two attached hydrogens (primary N) is 1. The van der Waals surface area contributed by atoms with Crippen LogP contribution in [0.4, 0.5) is 0 Å². The van der Waals surface area contributed by atoms with Crippen molar-refractivity contribution in [2.75, 3.05) is 47.8 Å². The van der Waals surface area contributed by atoms with Crippen LogP contribution in [0.2, 0.25) is 0 Å². The number of hydrogen-bond acceptors (Lipinski definition) is 4. The van der Waals surface area contributed by atoms with Gasteiger partial charge >= 0.3 is 0 Å². The lowest BCUT2D eigenvalue weighted by molar-refractivity contribution is -0.131. The van der Waals surface area contributed by atoms with Gasteiger partial charge in [0.2, 0.25) is 5.91 Å². The third-order valence-corrected chi connectivity index (χ3v) is 4.53. The van der Waals surface area contributed by atoms with Gasteiger partial charge in [0, 0.05) is 32.1 Å². The van der Waals surface area contributed by atoms with Crippen LogP contribution < -0.4 is 5.73 Å². The van der Waals surface area contributed by atoms with Gasteiger partial charge in [0.15, 0.2) is 0 Å². The number of likely N-dealkylation sites (N-methyl/N-ethyl adjacent to an activating group) is 3. The molecule has 1 aliphatic carbocycles. The summed E-state index contributed by atoms with van der Waals surface area (Å²) in [7, 11) is 8.08.